The molecule has 0 saturated heterocycles. The summed E-state index contributed by atoms with van der Waals surface area (Å²) in [7, 11) is 0. The molecular weight excluding hydrogens is 271 g/mol. The van der Waals surface area contributed by atoms with Crippen molar-refractivity contribution >= 4 is 5.91 Å². The second kappa shape index (κ2) is 5.33. The normalized spacial score (nSPS) is 14.8. The van der Waals surface area contributed by atoms with Gasteiger partial charge < -0.3 is 25.8 Å². The molecule has 1 aromatic rings. The van der Waals surface area contributed by atoms with Gasteiger partial charge in [0.1, 0.15) is 17.6 Å². The zero-order chi connectivity index (χ0) is 14.8. The number of hydrogen-bond acceptors (Lipinski definition) is 5. The van der Waals surface area contributed by atoms with E-state index < -0.39 is 41.5 Å². The number of primary amides is 1. The first-order valence-electron chi connectivity index (χ1n) is 4.86. The standard InChI is InChI=1S/C10H10F3NO5/c11-10(12,13)19-6-2-1-4(15)3-5(6)7(16)8(17)9(14)18/h1-3,7-8,15-17H,(H2,14,18). The molecule has 0 saturated carbocycles. The molecule has 0 aliphatic rings. The minimum atomic E-state index is -5.04. The summed E-state index contributed by atoms with van der Waals surface area (Å²) in [5.74, 6) is -2.69. The van der Waals surface area contributed by atoms with E-state index in [2.05, 4.69) is 4.74 Å². The van der Waals surface area contributed by atoms with Crippen LogP contribution in [0.5, 0.6) is 11.5 Å². The molecular formula is C10H10F3NO5. The summed E-state index contributed by atoms with van der Waals surface area (Å²) in [6.45, 7) is 0. The van der Waals surface area contributed by atoms with E-state index in [4.69, 9.17) is 10.8 Å². The molecule has 1 rings (SSSR count). The van der Waals surface area contributed by atoms with Crippen LogP contribution in [0.4, 0.5) is 13.2 Å². The smallest absolute Gasteiger partial charge is 0.508 e. The Morgan fingerprint density at radius 1 is 1.32 bits per heavy atom. The summed E-state index contributed by atoms with van der Waals surface area (Å²) in [4.78, 5) is 10.7. The first-order valence-corrected chi connectivity index (χ1v) is 4.86. The van der Waals surface area contributed by atoms with Crippen molar-refractivity contribution in [3.05, 3.63) is 23.8 Å². The van der Waals surface area contributed by atoms with Gasteiger partial charge in [0.25, 0.3) is 0 Å². The van der Waals surface area contributed by atoms with Gasteiger partial charge in [0, 0.05) is 5.56 Å². The van der Waals surface area contributed by atoms with Crippen LogP contribution in [-0.4, -0.2) is 33.7 Å². The fourth-order valence-corrected chi connectivity index (χ4v) is 1.31. The van der Waals surface area contributed by atoms with Crippen molar-refractivity contribution in [2.75, 3.05) is 0 Å². The van der Waals surface area contributed by atoms with Crippen LogP contribution in [0.3, 0.4) is 0 Å². The highest BCUT2D eigenvalue weighted by molar-refractivity contribution is 5.79. The van der Waals surface area contributed by atoms with E-state index in [0.29, 0.717) is 0 Å². The Kier molecular flexibility index (Phi) is 4.22. The second-order valence-corrected chi connectivity index (χ2v) is 3.56. The lowest BCUT2D eigenvalue weighted by Crippen LogP contribution is -2.34. The highest BCUT2D eigenvalue weighted by atomic mass is 19.4. The number of nitrogens with two attached hydrogens (primary N) is 1. The highest BCUT2D eigenvalue weighted by Crippen LogP contribution is 2.34. The number of rotatable bonds is 4. The molecule has 0 spiro atoms. The number of halogens is 3. The van der Waals surface area contributed by atoms with Gasteiger partial charge in [-0.25, -0.2) is 0 Å². The first kappa shape index (κ1) is 15.1. The summed E-state index contributed by atoms with van der Waals surface area (Å²) >= 11 is 0. The molecule has 0 fully saturated rings. The summed E-state index contributed by atoms with van der Waals surface area (Å²) in [6.07, 6.45) is -9.25. The molecule has 0 aromatic heterocycles. The monoisotopic (exact) mass is 281 g/mol. The van der Waals surface area contributed by atoms with Crippen molar-refractivity contribution in [3.63, 3.8) is 0 Å². The maximum atomic E-state index is 12.1. The molecule has 1 amide bonds. The molecule has 0 heterocycles. The maximum Gasteiger partial charge on any atom is 0.573 e. The predicted octanol–water partition coefficient (Wildman–Crippen LogP) is 0.170. The Balaban J connectivity index is 3.17. The Morgan fingerprint density at radius 3 is 2.37 bits per heavy atom. The number of carbonyl (C=O) groups excluding carboxylic acids is 1. The number of phenolic OH excluding ortho intramolecular Hbond substituents is 1. The Hall–Kier alpha value is -2.00. The molecule has 6 nitrogen and oxygen atoms in total. The van der Waals surface area contributed by atoms with Gasteiger partial charge in [0.2, 0.25) is 5.91 Å². The van der Waals surface area contributed by atoms with E-state index >= 15 is 0 Å². The van der Waals surface area contributed by atoms with E-state index in [1.54, 1.807) is 0 Å². The van der Waals surface area contributed by atoms with E-state index in [1.807, 2.05) is 0 Å². The number of amides is 1. The number of alkyl halides is 3. The van der Waals surface area contributed by atoms with E-state index in [1.165, 1.54) is 0 Å². The molecule has 0 bridgehead atoms. The van der Waals surface area contributed by atoms with Crippen molar-refractivity contribution in [2.24, 2.45) is 5.73 Å². The predicted molar refractivity (Wildman–Crippen MR) is 55.0 cm³/mol. The van der Waals surface area contributed by atoms with Gasteiger partial charge in [-0.1, -0.05) is 0 Å². The highest BCUT2D eigenvalue weighted by Gasteiger charge is 2.34. The topological polar surface area (TPSA) is 113 Å². The quantitative estimate of drug-likeness (QED) is 0.628. The largest absolute Gasteiger partial charge is 0.573 e. The van der Waals surface area contributed by atoms with Crippen LogP contribution in [-0.2, 0) is 4.79 Å². The average molecular weight is 281 g/mol. The Bertz CT molecular complexity index is 477. The van der Waals surface area contributed by atoms with Crippen LogP contribution in [0.15, 0.2) is 18.2 Å². The van der Waals surface area contributed by atoms with Crippen molar-refractivity contribution < 1.29 is 38.0 Å². The first-order chi connectivity index (χ1) is 8.61. The Labute approximate surface area is 104 Å². The van der Waals surface area contributed by atoms with E-state index in [-0.39, 0.29) is 0 Å². The van der Waals surface area contributed by atoms with Crippen LogP contribution in [0.2, 0.25) is 0 Å². The number of aliphatic hydroxyl groups excluding tert-OH is 2. The molecule has 19 heavy (non-hydrogen) atoms. The molecule has 0 radical (unpaired) electrons. The average Bonchev–Trinajstić information content (AvgIpc) is 2.27. The van der Waals surface area contributed by atoms with Gasteiger partial charge in [0.15, 0.2) is 6.10 Å². The molecule has 2 unspecified atom stereocenters. The van der Waals surface area contributed by atoms with Crippen molar-refractivity contribution in [2.45, 2.75) is 18.6 Å². The van der Waals surface area contributed by atoms with Crippen LogP contribution >= 0.6 is 0 Å². The number of benzene rings is 1. The number of aliphatic hydroxyl groups is 2. The molecule has 5 N–H and O–H groups in total. The minimum Gasteiger partial charge on any atom is -0.508 e. The number of aromatic hydroxyl groups is 1. The van der Waals surface area contributed by atoms with E-state index in [0.717, 1.165) is 18.2 Å². The van der Waals surface area contributed by atoms with Crippen LogP contribution < -0.4 is 10.5 Å². The van der Waals surface area contributed by atoms with Crippen LogP contribution in [0.25, 0.3) is 0 Å². The van der Waals surface area contributed by atoms with Gasteiger partial charge in [-0.05, 0) is 18.2 Å². The maximum absolute atomic E-state index is 12.1. The van der Waals surface area contributed by atoms with Gasteiger partial charge in [-0.2, -0.15) is 0 Å². The third-order valence-corrected chi connectivity index (χ3v) is 2.13. The van der Waals surface area contributed by atoms with Gasteiger partial charge >= 0.3 is 6.36 Å². The number of ether oxygens (including phenoxy) is 1. The van der Waals surface area contributed by atoms with Crippen molar-refractivity contribution in [1.82, 2.24) is 0 Å². The molecule has 1 aromatic carbocycles. The lowest BCUT2D eigenvalue weighted by molar-refractivity contribution is -0.275. The molecule has 0 aliphatic carbocycles. The lowest BCUT2D eigenvalue weighted by atomic mass is 10.0. The number of carbonyl (C=O) groups is 1. The molecule has 9 heteroatoms. The molecule has 0 aliphatic heterocycles. The fraction of sp³-hybridized carbons (Fsp3) is 0.300. The van der Waals surface area contributed by atoms with Gasteiger partial charge in [0.05, 0.1) is 0 Å². The third-order valence-electron chi connectivity index (χ3n) is 2.13. The number of hydrogen-bond donors (Lipinski definition) is 4. The molecule has 106 valence electrons. The van der Waals surface area contributed by atoms with Crippen molar-refractivity contribution in [3.8, 4) is 11.5 Å². The summed E-state index contributed by atoms with van der Waals surface area (Å²) in [5, 5.41) is 27.9. The SMILES string of the molecule is NC(=O)C(O)C(O)c1cc(O)ccc1OC(F)(F)F. The lowest BCUT2D eigenvalue weighted by Gasteiger charge is -2.19. The Morgan fingerprint density at radius 2 is 1.89 bits per heavy atom. The second-order valence-electron chi connectivity index (χ2n) is 3.56. The molecule has 2 atom stereocenters. The summed E-state index contributed by atoms with van der Waals surface area (Å²) in [5.41, 5.74) is 4.09. The van der Waals surface area contributed by atoms with Crippen LogP contribution in [0, 0.1) is 0 Å². The fourth-order valence-electron chi connectivity index (χ4n) is 1.31. The van der Waals surface area contributed by atoms with Crippen LogP contribution in [0.1, 0.15) is 11.7 Å². The van der Waals surface area contributed by atoms with Gasteiger partial charge in [-0.15, -0.1) is 13.2 Å². The summed E-state index contributed by atoms with van der Waals surface area (Å²) < 4.78 is 40.0. The minimum absolute atomic E-state index is 0.486. The summed E-state index contributed by atoms with van der Waals surface area (Å²) in [6, 6.07) is 2.33. The zero-order valence-corrected chi connectivity index (χ0v) is 9.26. The van der Waals surface area contributed by atoms with Gasteiger partial charge in [-0.3, -0.25) is 4.79 Å². The van der Waals surface area contributed by atoms with E-state index in [9.17, 15) is 28.2 Å². The zero-order valence-electron chi connectivity index (χ0n) is 9.26. The number of phenols is 1. The third kappa shape index (κ3) is 4.00. The van der Waals surface area contributed by atoms with Crippen molar-refractivity contribution in [1.29, 1.82) is 0 Å².